The van der Waals surface area contributed by atoms with Crippen molar-refractivity contribution in [2.45, 2.75) is 12.5 Å². The average Bonchev–Trinajstić information content (AvgIpc) is 2.36. The third-order valence-electron chi connectivity index (χ3n) is 3.25. The number of hydrogen-bond acceptors (Lipinski definition) is 2. The lowest BCUT2D eigenvalue weighted by molar-refractivity contribution is 0.174. The fourth-order valence-corrected chi connectivity index (χ4v) is 2.65. The number of nitrogens with one attached hydrogen (secondary N) is 1. The van der Waals surface area contributed by atoms with Crippen LogP contribution < -0.4 is 5.32 Å². The van der Waals surface area contributed by atoms with Gasteiger partial charge in [0.25, 0.3) is 0 Å². The molecule has 6 heteroatoms. The minimum absolute atomic E-state index is 0. The molecule has 1 aromatic rings. The first-order valence-corrected chi connectivity index (χ1v) is 6.60. The van der Waals surface area contributed by atoms with Crippen molar-refractivity contribution < 1.29 is 4.39 Å². The Morgan fingerprint density at radius 1 is 1.30 bits per heavy atom. The molecule has 1 atom stereocenters. The summed E-state index contributed by atoms with van der Waals surface area (Å²) in [5, 5.41) is 3.77. The standard InChI is InChI=1S/C14H18ClFN2.2ClH/c1-2-3-14(18-6-4-17-5-7-18)11-8-12(15)10-13(16)9-11;;/h2,8-10,14,17H,1,3-7H2;2*1H/t14-;;/m1../s1. The summed E-state index contributed by atoms with van der Waals surface area (Å²) in [6.45, 7) is 7.66. The van der Waals surface area contributed by atoms with Crippen molar-refractivity contribution >= 4 is 36.4 Å². The molecule has 0 aromatic heterocycles. The van der Waals surface area contributed by atoms with Gasteiger partial charge in [-0.3, -0.25) is 4.90 Å². The van der Waals surface area contributed by atoms with Crippen molar-refractivity contribution in [3.05, 3.63) is 47.3 Å². The van der Waals surface area contributed by atoms with E-state index < -0.39 is 0 Å². The molecule has 0 saturated carbocycles. The van der Waals surface area contributed by atoms with E-state index in [1.54, 1.807) is 6.07 Å². The molecular weight excluding hydrogens is 322 g/mol. The zero-order valence-corrected chi connectivity index (χ0v) is 13.5. The molecule has 1 heterocycles. The Bertz CT molecular complexity index is 403. The first-order valence-electron chi connectivity index (χ1n) is 6.22. The highest BCUT2D eigenvalue weighted by atomic mass is 35.5. The Hall–Kier alpha value is -0.320. The first kappa shape index (κ1) is 19.7. The fourth-order valence-electron chi connectivity index (χ4n) is 2.42. The van der Waals surface area contributed by atoms with Crippen molar-refractivity contribution in [1.29, 1.82) is 0 Å². The molecule has 1 fully saturated rings. The Labute approximate surface area is 137 Å². The predicted molar refractivity (Wildman–Crippen MR) is 87.9 cm³/mol. The monoisotopic (exact) mass is 340 g/mol. The smallest absolute Gasteiger partial charge is 0.125 e. The van der Waals surface area contributed by atoms with Crippen LogP contribution in [0.25, 0.3) is 0 Å². The van der Waals surface area contributed by atoms with Crippen LogP contribution in [0.2, 0.25) is 5.02 Å². The van der Waals surface area contributed by atoms with Crippen molar-refractivity contribution in [2.75, 3.05) is 26.2 Å². The third kappa shape index (κ3) is 5.23. The van der Waals surface area contributed by atoms with E-state index in [-0.39, 0.29) is 36.7 Å². The fraction of sp³-hybridized carbons (Fsp3) is 0.429. The highest BCUT2D eigenvalue weighted by molar-refractivity contribution is 6.30. The maximum atomic E-state index is 13.5. The maximum absolute atomic E-state index is 13.5. The summed E-state index contributed by atoms with van der Waals surface area (Å²) >= 11 is 5.94. The van der Waals surface area contributed by atoms with Gasteiger partial charge >= 0.3 is 0 Å². The molecule has 1 aliphatic rings. The summed E-state index contributed by atoms with van der Waals surface area (Å²) in [5.74, 6) is -0.276. The van der Waals surface area contributed by atoms with Crippen LogP contribution in [0.4, 0.5) is 4.39 Å². The van der Waals surface area contributed by atoms with Crippen molar-refractivity contribution in [3.63, 3.8) is 0 Å². The highest BCUT2D eigenvalue weighted by Crippen LogP contribution is 2.28. The van der Waals surface area contributed by atoms with Crippen LogP contribution in [-0.4, -0.2) is 31.1 Å². The molecule has 1 saturated heterocycles. The largest absolute Gasteiger partial charge is 0.314 e. The Morgan fingerprint density at radius 3 is 2.50 bits per heavy atom. The molecular formula is C14H20Cl3FN2. The number of nitrogens with zero attached hydrogens (tertiary/aromatic N) is 1. The van der Waals surface area contributed by atoms with Gasteiger partial charge < -0.3 is 5.32 Å². The molecule has 0 amide bonds. The van der Waals surface area contributed by atoms with Crippen LogP contribution >= 0.6 is 36.4 Å². The van der Waals surface area contributed by atoms with Crippen molar-refractivity contribution in [2.24, 2.45) is 0 Å². The number of benzene rings is 1. The molecule has 1 aromatic carbocycles. The first-order chi connectivity index (χ1) is 8.70. The number of piperazine rings is 1. The molecule has 1 N–H and O–H groups in total. The van der Waals surface area contributed by atoms with Gasteiger partial charge in [0.05, 0.1) is 0 Å². The Kier molecular flexibility index (Phi) is 9.43. The zero-order valence-electron chi connectivity index (χ0n) is 11.1. The third-order valence-corrected chi connectivity index (χ3v) is 3.47. The predicted octanol–water partition coefficient (Wildman–Crippen LogP) is 3.85. The summed E-state index contributed by atoms with van der Waals surface area (Å²) in [5.41, 5.74) is 0.932. The highest BCUT2D eigenvalue weighted by Gasteiger charge is 2.21. The van der Waals surface area contributed by atoms with E-state index >= 15 is 0 Å². The van der Waals surface area contributed by atoms with E-state index in [9.17, 15) is 4.39 Å². The van der Waals surface area contributed by atoms with Gasteiger partial charge in [0, 0.05) is 37.2 Å². The average molecular weight is 342 g/mol. The second-order valence-electron chi connectivity index (χ2n) is 4.53. The second kappa shape index (κ2) is 9.59. The lowest BCUT2D eigenvalue weighted by Gasteiger charge is -2.34. The second-order valence-corrected chi connectivity index (χ2v) is 4.97. The SMILES string of the molecule is C=CC[C@H](c1cc(F)cc(Cl)c1)N1CCNCC1.Cl.Cl. The van der Waals surface area contributed by atoms with E-state index in [2.05, 4.69) is 16.8 Å². The number of hydrogen-bond donors (Lipinski definition) is 1. The molecule has 20 heavy (non-hydrogen) atoms. The van der Waals surface area contributed by atoms with Gasteiger partial charge in [-0.15, -0.1) is 31.4 Å². The van der Waals surface area contributed by atoms with Crippen LogP contribution in [0, 0.1) is 5.82 Å². The lowest BCUT2D eigenvalue weighted by Crippen LogP contribution is -2.45. The van der Waals surface area contributed by atoms with Gasteiger partial charge in [0.15, 0.2) is 0 Å². The van der Waals surface area contributed by atoms with E-state index in [1.165, 1.54) is 6.07 Å². The lowest BCUT2D eigenvalue weighted by atomic mass is 10.0. The number of halogens is 4. The van der Waals surface area contributed by atoms with E-state index in [0.717, 1.165) is 38.2 Å². The summed E-state index contributed by atoms with van der Waals surface area (Å²) in [6, 6.07) is 4.93. The molecule has 0 bridgehead atoms. The van der Waals surface area contributed by atoms with Gasteiger partial charge in [0.2, 0.25) is 0 Å². The van der Waals surface area contributed by atoms with Crippen molar-refractivity contribution in [3.8, 4) is 0 Å². The van der Waals surface area contributed by atoms with E-state index in [4.69, 9.17) is 11.6 Å². The molecule has 0 unspecified atom stereocenters. The molecule has 2 rings (SSSR count). The zero-order chi connectivity index (χ0) is 13.0. The van der Waals surface area contributed by atoms with Crippen molar-refractivity contribution in [1.82, 2.24) is 10.2 Å². The molecule has 2 nitrogen and oxygen atoms in total. The van der Waals surface area contributed by atoms with E-state index in [1.807, 2.05) is 12.1 Å². The van der Waals surface area contributed by atoms with Gasteiger partial charge in [-0.2, -0.15) is 0 Å². The van der Waals surface area contributed by atoms with Crippen LogP contribution in [0.3, 0.4) is 0 Å². The minimum Gasteiger partial charge on any atom is -0.314 e. The van der Waals surface area contributed by atoms with Gasteiger partial charge in [-0.25, -0.2) is 4.39 Å². The topological polar surface area (TPSA) is 15.3 Å². The summed E-state index contributed by atoms with van der Waals surface area (Å²) in [7, 11) is 0. The molecule has 114 valence electrons. The van der Waals surface area contributed by atoms with Gasteiger partial charge in [-0.1, -0.05) is 17.7 Å². The van der Waals surface area contributed by atoms with Gasteiger partial charge in [-0.05, 0) is 30.2 Å². The Morgan fingerprint density at radius 2 is 1.95 bits per heavy atom. The van der Waals surface area contributed by atoms with Crippen LogP contribution in [0.15, 0.2) is 30.9 Å². The maximum Gasteiger partial charge on any atom is 0.125 e. The summed E-state index contributed by atoms with van der Waals surface area (Å²) in [4.78, 5) is 2.35. The summed E-state index contributed by atoms with van der Waals surface area (Å²) < 4.78 is 13.5. The van der Waals surface area contributed by atoms with Crippen LogP contribution in [0.5, 0.6) is 0 Å². The Balaban J connectivity index is 0.00000180. The minimum atomic E-state index is -0.276. The van der Waals surface area contributed by atoms with Crippen LogP contribution in [-0.2, 0) is 0 Å². The van der Waals surface area contributed by atoms with Gasteiger partial charge in [0.1, 0.15) is 5.82 Å². The molecule has 1 aliphatic heterocycles. The normalized spacial score (nSPS) is 16.7. The molecule has 0 radical (unpaired) electrons. The molecule has 0 spiro atoms. The molecule has 0 aliphatic carbocycles. The quantitative estimate of drug-likeness (QED) is 0.837. The van der Waals surface area contributed by atoms with E-state index in [0.29, 0.717) is 5.02 Å². The van der Waals surface area contributed by atoms with Crippen LogP contribution in [0.1, 0.15) is 18.0 Å². The number of rotatable bonds is 4. The summed E-state index contributed by atoms with van der Waals surface area (Å²) in [6.07, 6.45) is 2.69.